The molecule has 8 heteroatoms. The van der Waals surface area contributed by atoms with Gasteiger partial charge in [-0.2, -0.15) is 0 Å². The molecule has 0 spiro atoms. The Kier molecular flexibility index (Phi) is 7.72. The van der Waals surface area contributed by atoms with Crippen molar-refractivity contribution in [2.75, 3.05) is 10.6 Å². The average Bonchev–Trinajstić information content (AvgIpc) is 3.59. The summed E-state index contributed by atoms with van der Waals surface area (Å²) in [5.74, 6) is -0.228. The SMILES string of the molecule is Cc1ccc(-c2nc(NC(=O)C(Sc3ccc(NC(=O)c4ccco4)cc3)c3ccccc3)sc2C)cc1. The fraction of sp³-hybridized carbons (Fsp3) is 0.100. The molecular weight excluding hydrogens is 514 g/mol. The van der Waals surface area contributed by atoms with Gasteiger partial charge in [-0.25, -0.2) is 4.98 Å². The van der Waals surface area contributed by atoms with Crippen LogP contribution in [0.15, 0.2) is 107 Å². The Balaban J connectivity index is 1.32. The van der Waals surface area contributed by atoms with Crippen LogP contribution in [-0.4, -0.2) is 16.8 Å². The van der Waals surface area contributed by atoms with E-state index in [1.165, 1.54) is 34.9 Å². The minimum atomic E-state index is -0.494. The van der Waals surface area contributed by atoms with Crippen molar-refractivity contribution < 1.29 is 14.0 Å². The van der Waals surface area contributed by atoms with Crippen molar-refractivity contribution in [1.82, 2.24) is 4.98 Å². The minimum absolute atomic E-state index is 0.152. The van der Waals surface area contributed by atoms with Crippen LogP contribution in [-0.2, 0) is 4.79 Å². The average molecular weight is 540 g/mol. The Morgan fingerprint density at radius 2 is 1.61 bits per heavy atom. The lowest BCUT2D eigenvalue weighted by Crippen LogP contribution is -2.19. The van der Waals surface area contributed by atoms with Gasteiger partial charge in [0, 0.05) is 21.0 Å². The number of thioether (sulfide) groups is 1. The first-order valence-electron chi connectivity index (χ1n) is 12.0. The largest absolute Gasteiger partial charge is 0.459 e. The first-order chi connectivity index (χ1) is 18.5. The lowest BCUT2D eigenvalue weighted by Gasteiger charge is -2.16. The Labute approximate surface area is 229 Å². The number of nitrogens with zero attached hydrogens (tertiary/aromatic N) is 1. The van der Waals surface area contributed by atoms with Crippen molar-refractivity contribution in [1.29, 1.82) is 0 Å². The summed E-state index contributed by atoms with van der Waals surface area (Å²) in [6.45, 7) is 4.06. The molecule has 190 valence electrons. The fourth-order valence-electron chi connectivity index (χ4n) is 3.85. The number of furan rings is 1. The van der Waals surface area contributed by atoms with Gasteiger partial charge in [-0.1, -0.05) is 60.2 Å². The molecule has 0 aliphatic heterocycles. The fourth-order valence-corrected chi connectivity index (χ4v) is 5.72. The van der Waals surface area contributed by atoms with Gasteiger partial charge < -0.3 is 15.1 Å². The third-order valence-electron chi connectivity index (χ3n) is 5.80. The van der Waals surface area contributed by atoms with Crippen LogP contribution < -0.4 is 10.6 Å². The molecule has 1 unspecified atom stereocenters. The van der Waals surface area contributed by atoms with Gasteiger partial charge in [0.2, 0.25) is 5.91 Å². The van der Waals surface area contributed by atoms with Crippen molar-refractivity contribution in [3.63, 3.8) is 0 Å². The van der Waals surface area contributed by atoms with Gasteiger partial charge in [-0.05, 0) is 55.8 Å². The minimum Gasteiger partial charge on any atom is -0.459 e. The summed E-state index contributed by atoms with van der Waals surface area (Å²) in [5, 5.41) is 5.92. The van der Waals surface area contributed by atoms with Crippen LogP contribution in [0.1, 0.15) is 31.8 Å². The normalized spacial score (nSPS) is 11.6. The standard InChI is InChI=1S/C30H25N3O3S2/c1-19-10-12-21(13-11-19)26-20(2)37-30(32-26)33-29(35)27(22-7-4-3-5-8-22)38-24-16-14-23(15-17-24)31-28(34)25-9-6-18-36-25/h3-18,27H,1-2H3,(H,31,34)(H,32,33,35). The van der Waals surface area contributed by atoms with Crippen LogP contribution >= 0.6 is 23.1 Å². The first kappa shape index (κ1) is 25.5. The number of carbonyl (C=O) groups is 2. The van der Waals surface area contributed by atoms with Crippen LogP contribution in [0.3, 0.4) is 0 Å². The number of rotatable bonds is 8. The van der Waals surface area contributed by atoms with Gasteiger partial charge >= 0.3 is 0 Å². The maximum atomic E-state index is 13.5. The van der Waals surface area contributed by atoms with Crippen molar-refractivity contribution in [2.45, 2.75) is 24.0 Å². The number of hydrogen-bond acceptors (Lipinski definition) is 6. The van der Waals surface area contributed by atoms with Gasteiger partial charge in [-0.15, -0.1) is 23.1 Å². The molecule has 0 aliphatic carbocycles. The lowest BCUT2D eigenvalue weighted by molar-refractivity contribution is -0.115. The van der Waals surface area contributed by atoms with E-state index < -0.39 is 5.25 Å². The number of thiazole rings is 1. The van der Waals surface area contributed by atoms with E-state index in [4.69, 9.17) is 9.40 Å². The molecule has 0 fully saturated rings. The predicted molar refractivity (Wildman–Crippen MR) is 154 cm³/mol. The van der Waals surface area contributed by atoms with Crippen LogP contribution in [0, 0.1) is 13.8 Å². The zero-order valence-electron chi connectivity index (χ0n) is 20.8. The Morgan fingerprint density at radius 3 is 2.29 bits per heavy atom. The molecule has 0 saturated heterocycles. The van der Waals surface area contributed by atoms with Gasteiger partial charge in [0.25, 0.3) is 5.91 Å². The smallest absolute Gasteiger partial charge is 0.291 e. The molecule has 38 heavy (non-hydrogen) atoms. The summed E-state index contributed by atoms with van der Waals surface area (Å²) in [4.78, 5) is 32.4. The highest BCUT2D eigenvalue weighted by Gasteiger charge is 2.24. The number of aryl methyl sites for hydroxylation is 2. The molecule has 0 aliphatic rings. The molecule has 0 saturated carbocycles. The molecule has 5 rings (SSSR count). The van der Waals surface area contributed by atoms with E-state index in [2.05, 4.69) is 29.7 Å². The molecule has 0 radical (unpaired) electrons. The van der Waals surface area contributed by atoms with E-state index in [9.17, 15) is 9.59 Å². The van der Waals surface area contributed by atoms with Crippen molar-refractivity contribution >= 4 is 45.7 Å². The number of carbonyl (C=O) groups excluding carboxylic acids is 2. The molecule has 1 atom stereocenters. The monoisotopic (exact) mass is 539 g/mol. The van der Waals surface area contributed by atoms with E-state index >= 15 is 0 Å². The molecule has 2 aromatic heterocycles. The summed E-state index contributed by atoms with van der Waals surface area (Å²) < 4.78 is 5.14. The topological polar surface area (TPSA) is 84.2 Å². The maximum Gasteiger partial charge on any atom is 0.291 e. The van der Waals surface area contributed by atoms with E-state index in [0.29, 0.717) is 10.8 Å². The zero-order valence-corrected chi connectivity index (χ0v) is 22.4. The Hall–Kier alpha value is -4.14. The Bertz CT molecular complexity index is 1530. The molecular formula is C30H25N3O3S2. The van der Waals surface area contributed by atoms with E-state index in [1.807, 2.05) is 61.5 Å². The highest BCUT2D eigenvalue weighted by molar-refractivity contribution is 8.00. The van der Waals surface area contributed by atoms with E-state index in [1.54, 1.807) is 24.3 Å². The summed E-state index contributed by atoms with van der Waals surface area (Å²) in [6, 6.07) is 28.5. The van der Waals surface area contributed by atoms with Gasteiger partial charge in [0.05, 0.1) is 12.0 Å². The van der Waals surface area contributed by atoms with Crippen LogP contribution in [0.4, 0.5) is 10.8 Å². The number of amides is 2. The molecule has 3 aromatic carbocycles. The quantitative estimate of drug-likeness (QED) is 0.197. The number of hydrogen-bond donors (Lipinski definition) is 2. The third-order valence-corrected chi connectivity index (χ3v) is 7.96. The third kappa shape index (κ3) is 6.04. The van der Waals surface area contributed by atoms with Crippen molar-refractivity contribution in [3.8, 4) is 11.3 Å². The number of anilines is 2. The lowest BCUT2D eigenvalue weighted by atomic mass is 10.1. The molecule has 5 aromatic rings. The van der Waals surface area contributed by atoms with Gasteiger partial charge in [-0.3, -0.25) is 9.59 Å². The second kappa shape index (κ2) is 11.5. The highest BCUT2D eigenvalue weighted by atomic mass is 32.2. The second-order valence-corrected chi connectivity index (χ2v) is 11.0. The van der Waals surface area contributed by atoms with Crippen LogP contribution in [0.5, 0.6) is 0 Å². The van der Waals surface area contributed by atoms with Crippen LogP contribution in [0.2, 0.25) is 0 Å². The molecule has 2 N–H and O–H groups in total. The molecule has 6 nitrogen and oxygen atoms in total. The van der Waals surface area contributed by atoms with E-state index in [-0.39, 0.29) is 17.6 Å². The van der Waals surface area contributed by atoms with Crippen molar-refractivity contribution in [2.24, 2.45) is 0 Å². The summed E-state index contributed by atoms with van der Waals surface area (Å²) in [7, 11) is 0. The molecule has 2 heterocycles. The Morgan fingerprint density at radius 1 is 0.868 bits per heavy atom. The van der Waals surface area contributed by atoms with Crippen molar-refractivity contribution in [3.05, 3.63) is 119 Å². The second-order valence-electron chi connectivity index (χ2n) is 8.64. The zero-order chi connectivity index (χ0) is 26.5. The predicted octanol–water partition coefficient (Wildman–Crippen LogP) is 7.74. The van der Waals surface area contributed by atoms with Crippen LogP contribution in [0.25, 0.3) is 11.3 Å². The van der Waals surface area contributed by atoms with Gasteiger partial charge in [0.15, 0.2) is 10.9 Å². The van der Waals surface area contributed by atoms with Gasteiger partial charge in [0.1, 0.15) is 5.25 Å². The number of nitrogens with one attached hydrogen (secondary N) is 2. The maximum absolute atomic E-state index is 13.5. The highest BCUT2D eigenvalue weighted by Crippen LogP contribution is 2.38. The number of aromatic nitrogens is 1. The first-order valence-corrected chi connectivity index (χ1v) is 13.7. The summed E-state index contributed by atoms with van der Waals surface area (Å²) in [5.41, 5.74) is 4.61. The summed E-state index contributed by atoms with van der Waals surface area (Å²) in [6.07, 6.45) is 1.46. The summed E-state index contributed by atoms with van der Waals surface area (Å²) >= 11 is 2.90. The molecule has 0 bridgehead atoms. The molecule has 2 amide bonds. The van der Waals surface area contributed by atoms with E-state index in [0.717, 1.165) is 26.6 Å². The number of benzene rings is 3.